The van der Waals surface area contributed by atoms with Gasteiger partial charge in [0.25, 0.3) is 0 Å². The Bertz CT molecular complexity index is 330. The Morgan fingerprint density at radius 2 is 1.88 bits per heavy atom. The summed E-state index contributed by atoms with van der Waals surface area (Å²) in [6.45, 7) is 12.3. The predicted molar refractivity (Wildman–Crippen MR) is 76.5 cm³/mol. The molecule has 17 heavy (non-hydrogen) atoms. The van der Waals surface area contributed by atoms with Gasteiger partial charge in [-0.3, -0.25) is 0 Å². The molecule has 0 aliphatic carbocycles. The second-order valence-electron chi connectivity index (χ2n) is 5.47. The Hall–Kier alpha value is -0.820. The van der Waals surface area contributed by atoms with Crippen molar-refractivity contribution in [2.45, 2.75) is 53.0 Å². The van der Waals surface area contributed by atoms with Crippen LogP contribution in [0.1, 0.15) is 51.2 Å². The largest absolute Gasteiger partial charge is 0.314 e. The topological polar surface area (TPSA) is 12.0 Å². The monoisotopic (exact) mass is 233 g/mol. The molecule has 0 heterocycles. The smallest absolute Gasteiger partial charge is 0.00250 e. The molecule has 96 valence electrons. The predicted octanol–water partition coefficient (Wildman–Crippen LogP) is 4.12. The summed E-state index contributed by atoms with van der Waals surface area (Å²) in [5.41, 5.74) is 2.84. The van der Waals surface area contributed by atoms with Crippen LogP contribution in [-0.2, 0) is 0 Å². The van der Waals surface area contributed by atoms with Crippen molar-refractivity contribution in [2.75, 3.05) is 6.54 Å². The molecule has 0 fully saturated rings. The Morgan fingerprint density at radius 3 is 2.41 bits per heavy atom. The van der Waals surface area contributed by atoms with E-state index in [2.05, 4.69) is 64.2 Å². The summed E-state index contributed by atoms with van der Waals surface area (Å²) in [5.74, 6) is 1.35. The SMILES string of the molecule is CCC(C)C(CNC(C)C)c1cccc(C)c1. The van der Waals surface area contributed by atoms with Crippen molar-refractivity contribution in [2.24, 2.45) is 5.92 Å². The molecule has 0 aliphatic rings. The van der Waals surface area contributed by atoms with Gasteiger partial charge in [-0.2, -0.15) is 0 Å². The van der Waals surface area contributed by atoms with E-state index in [-0.39, 0.29) is 0 Å². The number of rotatable bonds is 6. The van der Waals surface area contributed by atoms with E-state index in [1.165, 1.54) is 17.5 Å². The number of aryl methyl sites for hydroxylation is 1. The molecular weight excluding hydrogens is 206 g/mol. The molecule has 0 saturated heterocycles. The van der Waals surface area contributed by atoms with Crippen molar-refractivity contribution in [3.05, 3.63) is 35.4 Å². The average Bonchev–Trinajstić information content (AvgIpc) is 2.28. The highest BCUT2D eigenvalue weighted by atomic mass is 14.9. The van der Waals surface area contributed by atoms with E-state index >= 15 is 0 Å². The van der Waals surface area contributed by atoms with E-state index in [9.17, 15) is 0 Å². The van der Waals surface area contributed by atoms with Gasteiger partial charge >= 0.3 is 0 Å². The molecule has 0 aromatic heterocycles. The summed E-state index contributed by atoms with van der Waals surface area (Å²) in [6, 6.07) is 9.51. The molecule has 0 radical (unpaired) electrons. The van der Waals surface area contributed by atoms with Gasteiger partial charge in [0.2, 0.25) is 0 Å². The minimum absolute atomic E-state index is 0.561. The summed E-state index contributed by atoms with van der Waals surface area (Å²) in [7, 11) is 0. The first kappa shape index (κ1) is 14.2. The molecule has 0 spiro atoms. The van der Waals surface area contributed by atoms with Crippen LogP contribution in [0.15, 0.2) is 24.3 Å². The Morgan fingerprint density at radius 1 is 1.18 bits per heavy atom. The molecular formula is C16H27N. The van der Waals surface area contributed by atoms with Gasteiger partial charge in [-0.25, -0.2) is 0 Å². The van der Waals surface area contributed by atoms with Gasteiger partial charge < -0.3 is 5.32 Å². The Balaban J connectivity index is 2.82. The second kappa shape index (κ2) is 6.80. The molecule has 1 aromatic rings. The zero-order valence-corrected chi connectivity index (χ0v) is 12.0. The van der Waals surface area contributed by atoms with Crippen LogP contribution < -0.4 is 5.32 Å². The number of benzene rings is 1. The van der Waals surface area contributed by atoms with E-state index in [4.69, 9.17) is 0 Å². The van der Waals surface area contributed by atoms with Crippen molar-refractivity contribution in [3.8, 4) is 0 Å². The number of hydrogen-bond acceptors (Lipinski definition) is 1. The van der Waals surface area contributed by atoms with Crippen molar-refractivity contribution >= 4 is 0 Å². The summed E-state index contributed by atoms with van der Waals surface area (Å²) < 4.78 is 0. The van der Waals surface area contributed by atoms with E-state index in [0.29, 0.717) is 12.0 Å². The van der Waals surface area contributed by atoms with E-state index < -0.39 is 0 Å². The molecule has 2 unspecified atom stereocenters. The van der Waals surface area contributed by atoms with Crippen molar-refractivity contribution in [3.63, 3.8) is 0 Å². The fourth-order valence-corrected chi connectivity index (χ4v) is 2.20. The fourth-order valence-electron chi connectivity index (χ4n) is 2.20. The van der Waals surface area contributed by atoms with Crippen LogP contribution in [0, 0.1) is 12.8 Å². The first-order valence-electron chi connectivity index (χ1n) is 6.84. The Labute approximate surface area is 107 Å². The molecule has 1 nitrogen and oxygen atoms in total. The summed E-state index contributed by atoms with van der Waals surface area (Å²) in [6.07, 6.45) is 1.23. The van der Waals surface area contributed by atoms with E-state index in [1.54, 1.807) is 0 Å². The molecule has 1 aromatic carbocycles. The molecule has 0 amide bonds. The first-order chi connectivity index (χ1) is 8.04. The average molecular weight is 233 g/mol. The van der Waals surface area contributed by atoms with Gasteiger partial charge in [-0.1, -0.05) is 63.9 Å². The van der Waals surface area contributed by atoms with Crippen LogP contribution in [0.5, 0.6) is 0 Å². The zero-order valence-electron chi connectivity index (χ0n) is 12.0. The third-order valence-electron chi connectivity index (χ3n) is 3.55. The number of hydrogen-bond donors (Lipinski definition) is 1. The second-order valence-corrected chi connectivity index (χ2v) is 5.47. The molecule has 0 saturated carbocycles. The van der Waals surface area contributed by atoms with E-state index in [1.807, 2.05) is 0 Å². The third-order valence-corrected chi connectivity index (χ3v) is 3.55. The van der Waals surface area contributed by atoms with Crippen molar-refractivity contribution in [1.82, 2.24) is 5.32 Å². The third kappa shape index (κ3) is 4.51. The zero-order chi connectivity index (χ0) is 12.8. The molecule has 1 N–H and O–H groups in total. The molecule has 1 heteroatoms. The highest BCUT2D eigenvalue weighted by Crippen LogP contribution is 2.27. The number of nitrogens with one attached hydrogen (secondary N) is 1. The maximum atomic E-state index is 3.58. The first-order valence-corrected chi connectivity index (χ1v) is 6.84. The van der Waals surface area contributed by atoms with Crippen molar-refractivity contribution < 1.29 is 0 Å². The van der Waals surface area contributed by atoms with Crippen LogP contribution in [0.4, 0.5) is 0 Å². The maximum absolute atomic E-state index is 3.58. The molecule has 0 bridgehead atoms. The van der Waals surface area contributed by atoms with Gasteiger partial charge in [-0.05, 0) is 24.3 Å². The minimum atomic E-state index is 0.561. The maximum Gasteiger partial charge on any atom is 0.00250 e. The minimum Gasteiger partial charge on any atom is -0.314 e. The van der Waals surface area contributed by atoms with Gasteiger partial charge in [0.1, 0.15) is 0 Å². The lowest BCUT2D eigenvalue weighted by Crippen LogP contribution is -2.30. The van der Waals surface area contributed by atoms with Crippen LogP contribution in [0.2, 0.25) is 0 Å². The summed E-state index contributed by atoms with van der Waals surface area (Å²) in [5, 5.41) is 3.58. The summed E-state index contributed by atoms with van der Waals surface area (Å²) in [4.78, 5) is 0. The highest BCUT2D eigenvalue weighted by molar-refractivity contribution is 5.26. The van der Waals surface area contributed by atoms with Crippen LogP contribution in [0.3, 0.4) is 0 Å². The lowest BCUT2D eigenvalue weighted by atomic mass is 9.85. The van der Waals surface area contributed by atoms with Crippen LogP contribution in [0.25, 0.3) is 0 Å². The highest BCUT2D eigenvalue weighted by Gasteiger charge is 2.18. The van der Waals surface area contributed by atoms with Gasteiger partial charge in [0.15, 0.2) is 0 Å². The van der Waals surface area contributed by atoms with Gasteiger partial charge in [0.05, 0.1) is 0 Å². The molecule has 2 atom stereocenters. The fraction of sp³-hybridized carbons (Fsp3) is 0.625. The van der Waals surface area contributed by atoms with Gasteiger partial charge in [0, 0.05) is 12.6 Å². The van der Waals surface area contributed by atoms with E-state index in [0.717, 1.165) is 12.5 Å². The normalized spacial score (nSPS) is 14.9. The van der Waals surface area contributed by atoms with Crippen molar-refractivity contribution in [1.29, 1.82) is 0 Å². The van der Waals surface area contributed by atoms with Crippen LogP contribution >= 0.6 is 0 Å². The quantitative estimate of drug-likeness (QED) is 0.779. The molecule has 0 aliphatic heterocycles. The standard InChI is InChI=1S/C16H27N/c1-6-14(5)16(11-17-12(2)3)15-9-7-8-13(4)10-15/h7-10,12,14,16-17H,6,11H2,1-5H3. The lowest BCUT2D eigenvalue weighted by molar-refractivity contribution is 0.406. The van der Waals surface area contributed by atoms with Crippen LogP contribution in [-0.4, -0.2) is 12.6 Å². The lowest BCUT2D eigenvalue weighted by Gasteiger charge is -2.25. The van der Waals surface area contributed by atoms with Gasteiger partial charge in [-0.15, -0.1) is 0 Å². The Kier molecular flexibility index (Phi) is 5.70. The summed E-state index contributed by atoms with van der Waals surface area (Å²) >= 11 is 0. The molecule has 1 rings (SSSR count).